The van der Waals surface area contributed by atoms with Gasteiger partial charge in [-0.3, -0.25) is 0 Å². The van der Waals surface area contributed by atoms with Crippen molar-refractivity contribution >= 4 is 0 Å². The van der Waals surface area contributed by atoms with Gasteiger partial charge in [0.05, 0.1) is 6.61 Å². The molecule has 0 bridgehead atoms. The molecule has 0 saturated heterocycles. The zero-order valence-corrected chi connectivity index (χ0v) is 13.2. The van der Waals surface area contributed by atoms with E-state index in [1.807, 2.05) is 6.92 Å². The average molecular weight is 376 g/mol. The Hall–Kier alpha value is -0.670. The highest BCUT2D eigenvalue weighted by atomic mass is 19.4. The van der Waals surface area contributed by atoms with E-state index in [0.29, 0.717) is 12.8 Å². The maximum absolute atomic E-state index is 13.2. The molecule has 0 saturated carbocycles. The average Bonchev–Trinajstić information content (AvgIpc) is 2.42. The van der Waals surface area contributed by atoms with Gasteiger partial charge in [-0.25, -0.2) is 4.39 Å². The second-order valence-electron chi connectivity index (χ2n) is 5.49. The van der Waals surface area contributed by atoms with E-state index < -0.39 is 30.7 Å². The van der Waals surface area contributed by atoms with Crippen LogP contribution in [0, 0.1) is 0 Å². The van der Waals surface area contributed by atoms with E-state index in [2.05, 4.69) is 4.74 Å². The minimum atomic E-state index is -6.85. The Labute approximate surface area is 134 Å². The molecule has 0 amide bonds. The van der Waals surface area contributed by atoms with Gasteiger partial charge in [0.15, 0.2) is 0 Å². The lowest BCUT2D eigenvalue weighted by atomic mass is 10.0. The molecule has 10 heteroatoms. The molecule has 0 aromatic rings. The van der Waals surface area contributed by atoms with E-state index in [4.69, 9.17) is 0 Å². The van der Waals surface area contributed by atoms with Crippen molar-refractivity contribution in [2.45, 2.75) is 82.4 Å². The second-order valence-corrected chi connectivity index (χ2v) is 5.49. The molecule has 146 valence electrons. The van der Waals surface area contributed by atoms with Crippen molar-refractivity contribution in [2.75, 3.05) is 6.61 Å². The van der Waals surface area contributed by atoms with Gasteiger partial charge in [0.1, 0.15) is 0 Å². The van der Waals surface area contributed by atoms with Gasteiger partial charge in [0.2, 0.25) is 0 Å². The molecule has 0 spiro atoms. The van der Waals surface area contributed by atoms with Crippen LogP contribution in [0.1, 0.15) is 58.3 Å². The molecule has 0 fully saturated rings. The van der Waals surface area contributed by atoms with E-state index in [1.165, 1.54) is 0 Å². The van der Waals surface area contributed by atoms with Crippen molar-refractivity contribution in [1.29, 1.82) is 0 Å². The van der Waals surface area contributed by atoms with Gasteiger partial charge in [0.25, 0.3) is 0 Å². The van der Waals surface area contributed by atoms with Crippen LogP contribution in [0.2, 0.25) is 0 Å². The monoisotopic (exact) mass is 376 g/mol. The highest BCUT2D eigenvalue weighted by Gasteiger charge is 2.85. The third-order valence-electron chi connectivity index (χ3n) is 3.46. The predicted octanol–water partition coefficient (Wildman–Crippen LogP) is 6.57. The summed E-state index contributed by atoms with van der Waals surface area (Å²) in [4.78, 5) is 0. The Morgan fingerprint density at radius 3 is 1.33 bits per heavy atom. The largest absolute Gasteiger partial charge is 0.440 e. The maximum atomic E-state index is 13.2. The van der Waals surface area contributed by atoms with Crippen LogP contribution >= 0.6 is 0 Å². The Morgan fingerprint density at radius 1 is 0.583 bits per heavy atom. The number of rotatable bonds is 11. The second kappa shape index (κ2) is 9.15. The van der Waals surface area contributed by atoms with Crippen molar-refractivity contribution in [3.63, 3.8) is 0 Å². The van der Waals surface area contributed by atoms with Gasteiger partial charge in [-0.05, 0) is 6.42 Å². The van der Waals surface area contributed by atoms with Crippen LogP contribution in [-0.4, -0.2) is 30.7 Å². The predicted molar refractivity (Wildman–Crippen MR) is 69.5 cm³/mol. The zero-order valence-electron chi connectivity index (χ0n) is 13.2. The lowest BCUT2D eigenvalue weighted by Crippen LogP contribution is -2.65. The molecule has 0 aromatic heterocycles. The fourth-order valence-corrected chi connectivity index (χ4v) is 2.03. The summed E-state index contributed by atoms with van der Waals surface area (Å²) in [6, 6.07) is 0. The Bertz CT molecular complexity index is 335. The summed E-state index contributed by atoms with van der Waals surface area (Å²) < 4.78 is 116. The van der Waals surface area contributed by atoms with Gasteiger partial charge < -0.3 is 4.74 Å². The van der Waals surface area contributed by atoms with E-state index in [-0.39, 0.29) is 6.42 Å². The Balaban J connectivity index is 4.42. The summed E-state index contributed by atoms with van der Waals surface area (Å²) in [5.74, 6) is 0. The lowest BCUT2D eigenvalue weighted by molar-refractivity contribution is -0.449. The third-order valence-corrected chi connectivity index (χ3v) is 3.46. The molecule has 0 aliphatic rings. The van der Waals surface area contributed by atoms with Gasteiger partial charge in [-0.2, -0.15) is 35.1 Å². The first-order chi connectivity index (χ1) is 10.8. The first-order valence-corrected chi connectivity index (χ1v) is 7.65. The lowest BCUT2D eigenvalue weighted by Gasteiger charge is -2.35. The number of alkyl halides is 9. The van der Waals surface area contributed by atoms with Crippen molar-refractivity contribution in [3.05, 3.63) is 0 Å². The standard InChI is InChI=1S/C14H21F9O/c1-2-3-4-5-6-7-8-9-10-24-14(22,23)11(15,12(16,17)18)13(19,20)21/h2-10H2,1H3. The molecular weight excluding hydrogens is 355 g/mol. The number of halogens is 9. The summed E-state index contributed by atoms with van der Waals surface area (Å²) >= 11 is 0. The van der Waals surface area contributed by atoms with Crippen molar-refractivity contribution < 1.29 is 44.3 Å². The number of hydrogen-bond donors (Lipinski definition) is 0. The SMILES string of the molecule is CCCCCCCCCCOC(F)(F)C(F)(C(F)(F)F)C(F)(F)F. The quantitative estimate of drug-likeness (QED) is 0.293. The van der Waals surface area contributed by atoms with Crippen molar-refractivity contribution in [2.24, 2.45) is 0 Å². The summed E-state index contributed by atoms with van der Waals surface area (Å²) in [7, 11) is 0. The first-order valence-electron chi connectivity index (χ1n) is 7.65. The minimum Gasteiger partial charge on any atom is -0.317 e. The molecule has 0 atom stereocenters. The number of unbranched alkanes of at least 4 members (excludes halogenated alkanes) is 7. The molecule has 0 aliphatic carbocycles. The van der Waals surface area contributed by atoms with E-state index in [0.717, 1.165) is 32.1 Å². The molecule has 0 unspecified atom stereocenters. The third kappa shape index (κ3) is 6.00. The fraction of sp³-hybridized carbons (Fsp3) is 1.00. The van der Waals surface area contributed by atoms with Gasteiger partial charge in [-0.1, -0.05) is 51.9 Å². The molecule has 0 radical (unpaired) electrons. The topological polar surface area (TPSA) is 9.23 Å². The summed E-state index contributed by atoms with van der Waals surface area (Å²) in [6.45, 7) is 0.921. The van der Waals surface area contributed by atoms with E-state index in [1.54, 1.807) is 0 Å². The van der Waals surface area contributed by atoms with E-state index >= 15 is 0 Å². The Kier molecular flexibility index (Phi) is 8.89. The molecule has 0 aliphatic heterocycles. The first kappa shape index (κ1) is 23.3. The highest BCUT2D eigenvalue weighted by Crippen LogP contribution is 2.54. The van der Waals surface area contributed by atoms with E-state index in [9.17, 15) is 39.5 Å². The molecule has 1 nitrogen and oxygen atoms in total. The van der Waals surface area contributed by atoms with Crippen LogP contribution in [0.5, 0.6) is 0 Å². The smallest absolute Gasteiger partial charge is 0.317 e. The maximum Gasteiger partial charge on any atom is 0.440 e. The molecule has 24 heavy (non-hydrogen) atoms. The number of ether oxygens (including phenoxy) is 1. The molecule has 0 heterocycles. The molecular formula is C14H21F9O. The van der Waals surface area contributed by atoms with Crippen LogP contribution in [-0.2, 0) is 4.74 Å². The van der Waals surface area contributed by atoms with Crippen molar-refractivity contribution in [1.82, 2.24) is 0 Å². The Morgan fingerprint density at radius 2 is 0.958 bits per heavy atom. The van der Waals surface area contributed by atoms with Gasteiger partial charge in [0, 0.05) is 0 Å². The number of hydrogen-bond acceptors (Lipinski definition) is 1. The molecule has 0 rings (SSSR count). The zero-order chi connectivity index (χ0) is 19.1. The summed E-state index contributed by atoms with van der Waals surface area (Å²) in [5.41, 5.74) is -6.74. The van der Waals surface area contributed by atoms with Crippen LogP contribution in [0.3, 0.4) is 0 Å². The van der Waals surface area contributed by atoms with Crippen molar-refractivity contribution in [3.8, 4) is 0 Å². The molecule has 0 aromatic carbocycles. The molecule has 0 N–H and O–H groups in total. The van der Waals surface area contributed by atoms with Crippen LogP contribution in [0.25, 0.3) is 0 Å². The summed E-state index contributed by atoms with van der Waals surface area (Å²) in [5, 5.41) is 0. The summed E-state index contributed by atoms with van der Waals surface area (Å²) in [6.07, 6.45) is -14.3. The van der Waals surface area contributed by atoms with Gasteiger partial charge in [-0.15, -0.1) is 0 Å². The minimum absolute atomic E-state index is 0.185. The van der Waals surface area contributed by atoms with Crippen LogP contribution in [0.15, 0.2) is 0 Å². The highest BCUT2D eigenvalue weighted by molar-refractivity contribution is 5.01. The van der Waals surface area contributed by atoms with Crippen LogP contribution < -0.4 is 0 Å². The van der Waals surface area contributed by atoms with Crippen LogP contribution in [0.4, 0.5) is 39.5 Å². The van der Waals surface area contributed by atoms with Gasteiger partial charge >= 0.3 is 24.1 Å². The normalized spacial score (nSPS) is 14.2. The fourth-order valence-electron chi connectivity index (χ4n) is 2.03.